The van der Waals surface area contributed by atoms with Crippen molar-refractivity contribution in [1.29, 1.82) is 0 Å². The Hall–Kier alpha value is -2.11. The van der Waals surface area contributed by atoms with Crippen LogP contribution in [0.4, 0.5) is 5.69 Å². The number of hydrogen-bond acceptors (Lipinski definition) is 4. The van der Waals surface area contributed by atoms with Crippen molar-refractivity contribution in [3.05, 3.63) is 28.3 Å². The van der Waals surface area contributed by atoms with E-state index in [1.165, 1.54) is 19.2 Å². The quantitative estimate of drug-likeness (QED) is 0.586. The predicted molar refractivity (Wildman–Crippen MR) is 58.6 cm³/mol. The summed E-state index contributed by atoms with van der Waals surface area (Å²) in [4.78, 5) is 10.2. The van der Waals surface area contributed by atoms with Crippen LogP contribution < -0.4 is 4.74 Å². The Morgan fingerprint density at radius 2 is 2.31 bits per heavy atom. The topological polar surface area (TPSA) is 70.2 Å². The fraction of sp³-hybridized carbons (Fsp3) is 0.300. The second kappa shape index (κ2) is 3.80. The van der Waals surface area contributed by atoms with E-state index in [2.05, 4.69) is 5.10 Å². The van der Waals surface area contributed by atoms with Crippen LogP contribution in [0.1, 0.15) is 6.92 Å². The molecule has 0 spiro atoms. The van der Waals surface area contributed by atoms with Crippen molar-refractivity contribution in [1.82, 2.24) is 9.78 Å². The standard InChI is InChI=1S/C10H11N3O3/c1-3-12-9-5-4-7(13(14)15)6-8(9)10(11-12)16-2/h4-6H,3H2,1-2H3. The highest BCUT2D eigenvalue weighted by Crippen LogP contribution is 2.28. The van der Waals surface area contributed by atoms with E-state index in [0.717, 1.165) is 5.52 Å². The molecule has 1 heterocycles. The van der Waals surface area contributed by atoms with Gasteiger partial charge in [0, 0.05) is 18.7 Å². The predicted octanol–water partition coefficient (Wildman–Crippen LogP) is 1.97. The van der Waals surface area contributed by atoms with Gasteiger partial charge in [0.2, 0.25) is 5.88 Å². The van der Waals surface area contributed by atoms with Gasteiger partial charge >= 0.3 is 0 Å². The minimum Gasteiger partial charge on any atom is -0.479 e. The average Bonchev–Trinajstić information content (AvgIpc) is 2.65. The summed E-state index contributed by atoms with van der Waals surface area (Å²) in [5, 5.41) is 15.5. The molecule has 2 rings (SSSR count). The minimum atomic E-state index is -0.428. The van der Waals surface area contributed by atoms with Crippen LogP contribution in [-0.2, 0) is 6.54 Å². The van der Waals surface area contributed by atoms with Gasteiger partial charge in [-0.3, -0.25) is 14.8 Å². The summed E-state index contributed by atoms with van der Waals surface area (Å²) in [7, 11) is 1.50. The first-order valence-corrected chi connectivity index (χ1v) is 4.86. The molecule has 6 heteroatoms. The van der Waals surface area contributed by atoms with Crippen molar-refractivity contribution in [2.24, 2.45) is 0 Å². The molecule has 0 unspecified atom stereocenters. The second-order valence-corrected chi connectivity index (χ2v) is 3.28. The molecule has 0 N–H and O–H groups in total. The summed E-state index contributed by atoms with van der Waals surface area (Å²) in [5.41, 5.74) is 0.881. The molecule has 1 aromatic carbocycles. The average molecular weight is 221 g/mol. The first kappa shape index (κ1) is 10.4. The highest BCUT2D eigenvalue weighted by Gasteiger charge is 2.14. The van der Waals surface area contributed by atoms with E-state index in [1.54, 1.807) is 10.7 Å². The Bertz CT molecular complexity index is 547. The number of hydrogen-bond donors (Lipinski definition) is 0. The van der Waals surface area contributed by atoms with Crippen molar-refractivity contribution in [3.8, 4) is 5.88 Å². The van der Waals surface area contributed by atoms with Crippen LogP contribution in [0.5, 0.6) is 5.88 Å². The monoisotopic (exact) mass is 221 g/mol. The lowest BCUT2D eigenvalue weighted by Crippen LogP contribution is -1.96. The summed E-state index contributed by atoms with van der Waals surface area (Å²) >= 11 is 0. The third-order valence-corrected chi connectivity index (χ3v) is 2.40. The van der Waals surface area contributed by atoms with Gasteiger partial charge in [0.1, 0.15) is 0 Å². The van der Waals surface area contributed by atoms with Crippen molar-refractivity contribution < 1.29 is 9.66 Å². The Kier molecular flexibility index (Phi) is 2.47. The molecule has 0 saturated heterocycles. The van der Waals surface area contributed by atoms with Gasteiger partial charge in [0.25, 0.3) is 5.69 Å². The molecule has 84 valence electrons. The molecule has 0 amide bonds. The molecule has 2 aromatic rings. The van der Waals surface area contributed by atoms with E-state index in [9.17, 15) is 10.1 Å². The van der Waals surface area contributed by atoms with E-state index in [4.69, 9.17) is 4.74 Å². The molecule has 0 aliphatic rings. The zero-order valence-electron chi connectivity index (χ0n) is 9.01. The molecule has 0 bridgehead atoms. The largest absolute Gasteiger partial charge is 0.479 e. The van der Waals surface area contributed by atoms with Crippen molar-refractivity contribution in [2.75, 3.05) is 7.11 Å². The van der Waals surface area contributed by atoms with Gasteiger partial charge in [-0.2, -0.15) is 0 Å². The molecule has 0 aliphatic heterocycles. The zero-order valence-corrected chi connectivity index (χ0v) is 9.01. The Morgan fingerprint density at radius 3 is 2.88 bits per heavy atom. The molecule has 0 radical (unpaired) electrons. The highest BCUT2D eigenvalue weighted by atomic mass is 16.6. The number of non-ortho nitro benzene ring substituents is 1. The van der Waals surface area contributed by atoms with Crippen LogP contribution in [-0.4, -0.2) is 21.8 Å². The number of nitro benzene ring substituents is 1. The van der Waals surface area contributed by atoms with Gasteiger partial charge in [-0.15, -0.1) is 5.10 Å². The number of rotatable bonds is 3. The number of benzene rings is 1. The van der Waals surface area contributed by atoms with E-state index in [-0.39, 0.29) is 5.69 Å². The maximum Gasteiger partial charge on any atom is 0.270 e. The van der Waals surface area contributed by atoms with Gasteiger partial charge in [0.15, 0.2) is 0 Å². The summed E-state index contributed by atoms with van der Waals surface area (Å²) in [6.45, 7) is 2.64. The van der Waals surface area contributed by atoms with E-state index >= 15 is 0 Å². The lowest BCUT2D eigenvalue weighted by molar-refractivity contribution is -0.384. The molecule has 0 fully saturated rings. The summed E-state index contributed by atoms with van der Waals surface area (Å²) in [6.07, 6.45) is 0. The zero-order chi connectivity index (χ0) is 11.7. The minimum absolute atomic E-state index is 0.0430. The number of methoxy groups -OCH3 is 1. The Morgan fingerprint density at radius 1 is 1.56 bits per heavy atom. The van der Waals surface area contributed by atoms with Crippen LogP contribution in [0.15, 0.2) is 18.2 Å². The van der Waals surface area contributed by atoms with E-state index in [1.807, 2.05) is 6.92 Å². The van der Waals surface area contributed by atoms with Crippen molar-refractivity contribution in [2.45, 2.75) is 13.5 Å². The second-order valence-electron chi connectivity index (χ2n) is 3.28. The van der Waals surface area contributed by atoms with Crippen molar-refractivity contribution in [3.63, 3.8) is 0 Å². The molecule has 6 nitrogen and oxygen atoms in total. The summed E-state index contributed by atoms with van der Waals surface area (Å²) < 4.78 is 6.84. The molecular weight excluding hydrogens is 210 g/mol. The third-order valence-electron chi connectivity index (χ3n) is 2.40. The van der Waals surface area contributed by atoms with Crippen LogP contribution in [0, 0.1) is 10.1 Å². The third kappa shape index (κ3) is 1.48. The number of fused-ring (bicyclic) bond motifs is 1. The number of aryl methyl sites for hydroxylation is 1. The van der Waals surface area contributed by atoms with Gasteiger partial charge in [-0.1, -0.05) is 0 Å². The van der Waals surface area contributed by atoms with Gasteiger partial charge in [-0.05, 0) is 13.0 Å². The maximum atomic E-state index is 10.7. The van der Waals surface area contributed by atoms with E-state index < -0.39 is 4.92 Å². The van der Waals surface area contributed by atoms with Gasteiger partial charge in [0.05, 0.1) is 22.9 Å². The SMILES string of the molecule is CCn1nc(OC)c2cc([N+](=O)[O-])ccc21. The maximum absolute atomic E-state index is 10.7. The number of aromatic nitrogens is 2. The first-order valence-electron chi connectivity index (χ1n) is 4.86. The lowest BCUT2D eigenvalue weighted by Gasteiger charge is -1.96. The van der Waals surface area contributed by atoms with Crippen LogP contribution in [0.2, 0.25) is 0 Å². The first-order chi connectivity index (χ1) is 7.67. The normalized spacial score (nSPS) is 10.6. The van der Waals surface area contributed by atoms with Crippen LogP contribution >= 0.6 is 0 Å². The Labute approximate surface area is 91.6 Å². The lowest BCUT2D eigenvalue weighted by atomic mass is 10.2. The summed E-state index contributed by atoms with van der Waals surface area (Å²) in [5.74, 6) is 0.417. The fourth-order valence-electron chi connectivity index (χ4n) is 1.64. The highest BCUT2D eigenvalue weighted by molar-refractivity contribution is 5.86. The van der Waals surface area contributed by atoms with Crippen LogP contribution in [0.3, 0.4) is 0 Å². The van der Waals surface area contributed by atoms with Gasteiger partial charge < -0.3 is 4.74 Å². The Balaban J connectivity index is 2.71. The molecule has 0 atom stereocenters. The number of nitrogens with zero attached hydrogens (tertiary/aromatic N) is 3. The van der Waals surface area contributed by atoms with Crippen LogP contribution in [0.25, 0.3) is 10.9 Å². The summed E-state index contributed by atoms with van der Waals surface area (Å²) in [6, 6.07) is 4.63. The van der Waals surface area contributed by atoms with E-state index in [0.29, 0.717) is 17.8 Å². The van der Waals surface area contributed by atoms with Gasteiger partial charge in [-0.25, -0.2) is 0 Å². The molecule has 1 aromatic heterocycles. The fourth-order valence-corrected chi connectivity index (χ4v) is 1.64. The molecule has 0 saturated carbocycles. The molecular formula is C10H11N3O3. The molecule has 16 heavy (non-hydrogen) atoms. The van der Waals surface area contributed by atoms with Crippen molar-refractivity contribution >= 4 is 16.6 Å². The number of ether oxygens (including phenoxy) is 1. The molecule has 0 aliphatic carbocycles. The smallest absolute Gasteiger partial charge is 0.270 e. The number of nitro groups is 1.